The third-order valence-electron chi connectivity index (χ3n) is 4.12. The summed E-state index contributed by atoms with van der Waals surface area (Å²) in [6.07, 6.45) is 0.0230. The predicted molar refractivity (Wildman–Crippen MR) is 83.2 cm³/mol. The van der Waals surface area contributed by atoms with Gasteiger partial charge in [-0.1, -0.05) is 12.1 Å². The molecular weight excluding hydrogens is 281 g/mol. The first kappa shape index (κ1) is 15.2. The molecule has 1 aromatic heterocycles. The lowest BCUT2D eigenvalue weighted by Gasteiger charge is -2.33. The third kappa shape index (κ3) is 3.54. The summed E-state index contributed by atoms with van der Waals surface area (Å²) in [5.74, 6) is -0.207. The van der Waals surface area contributed by atoms with Crippen LogP contribution in [-0.4, -0.2) is 40.9 Å². The summed E-state index contributed by atoms with van der Waals surface area (Å²) >= 11 is 0. The first-order chi connectivity index (χ1) is 10.6. The summed E-state index contributed by atoms with van der Waals surface area (Å²) in [4.78, 5) is 2.38. The van der Waals surface area contributed by atoms with Crippen LogP contribution in [0.3, 0.4) is 0 Å². The number of aromatic nitrogens is 2. The summed E-state index contributed by atoms with van der Waals surface area (Å²) in [6.45, 7) is 8.41. The molecule has 0 aliphatic carbocycles. The van der Waals surface area contributed by atoms with Gasteiger partial charge in [0.05, 0.1) is 24.9 Å². The molecule has 2 heterocycles. The van der Waals surface area contributed by atoms with Crippen LogP contribution in [0.1, 0.15) is 23.1 Å². The Labute approximate surface area is 130 Å². The Morgan fingerprint density at radius 3 is 2.68 bits per heavy atom. The molecule has 5 heteroatoms. The van der Waals surface area contributed by atoms with Crippen LogP contribution in [0.4, 0.5) is 4.39 Å². The highest BCUT2D eigenvalue weighted by molar-refractivity contribution is 5.19. The van der Waals surface area contributed by atoms with Crippen LogP contribution < -0.4 is 0 Å². The second kappa shape index (κ2) is 6.58. The standard InChI is InChI=1S/C17H22FN3O/c1-13-11-14(2)21(19-13)8-7-20-9-10-22-17(12-20)15-3-5-16(18)6-4-15/h3-6,11,17H,7-10,12H2,1-2H3/t17-/m0/s1. The zero-order valence-corrected chi connectivity index (χ0v) is 13.1. The van der Waals surface area contributed by atoms with Crippen LogP contribution >= 0.6 is 0 Å². The van der Waals surface area contributed by atoms with E-state index >= 15 is 0 Å². The van der Waals surface area contributed by atoms with Gasteiger partial charge in [-0.3, -0.25) is 9.58 Å². The number of ether oxygens (including phenoxy) is 1. The van der Waals surface area contributed by atoms with E-state index in [9.17, 15) is 4.39 Å². The Balaban J connectivity index is 1.58. The van der Waals surface area contributed by atoms with Crippen molar-refractivity contribution in [2.24, 2.45) is 0 Å². The predicted octanol–water partition coefficient (Wildman–Crippen LogP) is 2.71. The van der Waals surface area contributed by atoms with E-state index in [1.165, 1.54) is 17.8 Å². The number of aryl methyl sites for hydroxylation is 2. The van der Waals surface area contributed by atoms with Gasteiger partial charge in [-0.05, 0) is 37.6 Å². The Morgan fingerprint density at radius 2 is 2.00 bits per heavy atom. The molecule has 1 atom stereocenters. The third-order valence-corrected chi connectivity index (χ3v) is 4.12. The zero-order chi connectivity index (χ0) is 15.5. The van der Waals surface area contributed by atoms with Crippen LogP contribution in [0, 0.1) is 19.7 Å². The maximum absolute atomic E-state index is 13.0. The minimum atomic E-state index is -0.207. The van der Waals surface area contributed by atoms with Crippen molar-refractivity contribution in [2.45, 2.75) is 26.5 Å². The molecule has 1 aliphatic heterocycles. The van der Waals surface area contributed by atoms with Gasteiger partial charge in [0, 0.05) is 25.3 Å². The molecular formula is C17H22FN3O. The zero-order valence-electron chi connectivity index (χ0n) is 13.1. The van der Waals surface area contributed by atoms with E-state index in [2.05, 4.69) is 27.7 Å². The van der Waals surface area contributed by atoms with Gasteiger partial charge >= 0.3 is 0 Å². The van der Waals surface area contributed by atoms with Gasteiger partial charge < -0.3 is 4.74 Å². The molecule has 0 bridgehead atoms. The van der Waals surface area contributed by atoms with Gasteiger partial charge in [0.2, 0.25) is 0 Å². The van der Waals surface area contributed by atoms with Gasteiger partial charge in [-0.2, -0.15) is 5.10 Å². The lowest BCUT2D eigenvalue weighted by Crippen LogP contribution is -2.40. The summed E-state index contributed by atoms with van der Waals surface area (Å²) < 4.78 is 20.9. The average Bonchev–Trinajstić information content (AvgIpc) is 2.84. The molecule has 3 rings (SSSR count). The van der Waals surface area contributed by atoms with Gasteiger partial charge in [0.15, 0.2) is 0 Å². The van der Waals surface area contributed by atoms with Crippen molar-refractivity contribution in [3.63, 3.8) is 0 Å². The van der Waals surface area contributed by atoms with Crippen molar-refractivity contribution in [1.82, 2.24) is 14.7 Å². The van der Waals surface area contributed by atoms with Gasteiger partial charge in [0.25, 0.3) is 0 Å². The fraction of sp³-hybridized carbons (Fsp3) is 0.471. The summed E-state index contributed by atoms with van der Waals surface area (Å²) in [7, 11) is 0. The van der Waals surface area contributed by atoms with Crippen molar-refractivity contribution in [3.8, 4) is 0 Å². The van der Waals surface area contributed by atoms with E-state index in [4.69, 9.17) is 4.74 Å². The van der Waals surface area contributed by atoms with E-state index in [0.717, 1.165) is 37.4 Å². The number of nitrogens with zero attached hydrogens (tertiary/aromatic N) is 3. The van der Waals surface area contributed by atoms with Crippen LogP contribution in [-0.2, 0) is 11.3 Å². The number of hydrogen-bond acceptors (Lipinski definition) is 3. The minimum Gasteiger partial charge on any atom is -0.371 e. The van der Waals surface area contributed by atoms with Gasteiger partial charge in [0.1, 0.15) is 5.82 Å². The molecule has 1 aromatic carbocycles. The molecule has 118 valence electrons. The van der Waals surface area contributed by atoms with E-state index in [1.807, 2.05) is 19.1 Å². The van der Waals surface area contributed by atoms with Crippen LogP contribution in [0.5, 0.6) is 0 Å². The lowest BCUT2D eigenvalue weighted by molar-refractivity contribution is -0.0311. The van der Waals surface area contributed by atoms with Crippen LogP contribution in [0.15, 0.2) is 30.3 Å². The molecule has 0 N–H and O–H groups in total. The largest absolute Gasteiger partial charge is 0.371 e. The monoisotopic (exact) mass is 303 g/mol. The molecule has 22 heavy (non-hydrogen) atoms. The maximum Gasteiger partial charge on any atom is 0.123 e. The summed E-state index contributed by atoms with van der Waals surface area (Å²) in [5, 5.41) is 4.50. The van der Waals surface area contributed by atoms with Crippen molar-refractivity contribution in [2.75, 3.05) is 26.2 Å². The topological polar surface area (TPSA) is 30.3 Å². The average molecular weight is 303 g/mol. The van der Waals surface area contributed by atoms with Crippen molar-refractivity contribution in [1.29, 1.82) is 0 Å². The number of hydrogen-bond donors (Lipinski definition) is 0. The van der Waals surface area contributed by atoms with Gasteiger partial charge in [-0.25, -0.2) is 4.39 Å². The smallest absolute Gasteiger partial charge is 0.123 e. The Bertz CT molecular complexity index is 623. The molecule has 0 spiro atoms. The van der Waals surface area contributed by atoms with E-state index in [1.54, 1.807) is 0 Å². The minimum absolute atomic E-state index is 0.0230. The van der Waals surface area contributed by atoms with Crippen molar-refractivity contribution in [3.05, 3.63) is 53.1 Å². The van der Waals surface area contributed by atoms with Crippen LogP contribution in [0.2, 0.25) is 0 Å². The molecule has 4 nitrogen and oxygen atoms in total. The molecule has 0 unspecified atom stereocenters. The Morgan fingerprint density at radius 1 is 1.23 bits per heavy atom. The number of benzene rings is 1. The number of morpholine rings is 1. The van der Waals surface area contributed by atoms with Crippen molar-refractivity contribution < 1.29 is 9.13 Å². The molecule has 0 saturated carbocycles. The molecule has 0 radical (unpaired) electrons. The second-order valence-electron chi connectivity index (χ2n) is 5.86. The van der Waals surface area contributed by atoms with E-state index < -0.39 is 0 Å². The van der Waals surface area contributed by atoms with Gasteiger partial charge in [-0.15, -0.1) is 0 Å². The van der Waals surface area contributed by atoms with E-state index in [-0.39, 0.29) is 11.9 Å². The highest BCUT2D eigenvalue weighted by Crippen LogP contribution is 2.22. The second-order valence-corrected chi connectivity index (χ2v) is 5.86. The molecule has 1 aliphatic rings. The summed E-state index contributed by atoms with van der Waals surface area (Å²) in [6, 6.07) is 8.71. The molecule has 1 fully saturated rings. The highest BCUT2D eigenvalue weighted by Gasteiger charge is 2.21. The van der Waals surface area contributed by atoms with E-state index in [0.29, 0.717) is 6.61 Å². The first-order valence-electron chi connectivity index (χ1n) is 7.72. The lowest BCUT2D eigenvalue weighted by atomic mass is 10.1. The normalized spacial score (nSPS) is 19.5. The molecule has 2 aromatic rings. The molecule has 1 saturated heterocycles. The number of rotatable bonds is 4. The first-order valence-corrected chi connectivity index (χ1v) is 7.72. The van der Waals surface area contributed by atoms with Crippen LogP contribution in [0.25, 0.3) is 0 Å². The van der Waals surface area contributed by atoms with Crippen molar-refractivity contribution >= 4 is 0 Å². The fourth-order valence-corrected chi connectivity index (χ4v) is 2.92. The quantitative estimate of drug-likeness (QED) is 0.870. The number of halogens is 1. The highest BCUT2D eigenvalue weighted by atomic mass is 19.1. The maximum atomic E-state index is 13.0. The Hall–Kier alpha value is -1.72. The summed E-state index contributed by atoms with van der Waals surface area (Å²) in [5.41, 5.74) is 3.29. The fourth-order valence-electron chi connectivity index (χ4n) is 2.92. The molecule has 0 amide bonds. The SMILES string of the molecule is Cc1cc(C)n(CCN2CCO[C@H](c3ccc(F)cc3)C2)n1. The Kier molecular flexibility index (Phi) is 4.55.